The number of nitrogens with one attached hydrogen (secondary N) is 2. The van der Waals surface area contributed by atoms with Crippen LogP contribution in [0.3, 0.4) is 0 Å². The second kappa shape index (κ2) is 9.34. The number of nitrogens with zero attached hydrogens (tertiary/aromatic N) is 4. The molecule has 0 radical (unpaired) electrons. The molecule has 4 rings (SSSR count). The molecule has 10 heteroatoms. The number of nitrogen functional groups attached to an aromatic ring is 1. The van der Waals surface area contributed by atoms with Gasteiger partial charge in [-0.3, -0.25) is 4.79 Å². The average Bonchev–Trinajstić information content (AvgIpc) is 2.79. The largest absolute Gasteiger partial charge is 0.382 e. The number of halogens is 1. The van der Waals surface area contributed by atoms with Gasteiger partial charge in [-0.05, 0) is 37.3 Å². The van der Waals surface area contributed by atoms with Gasteiger partial charge in [-0.2, -0.15) is 5.26 Å². The van der Waals surface area contributed by atoms with E-state index in [0.29, 0.717) is 35.1 Å². The molecule has 1 saturated heterocycles. The van der Waals surface area contributed by atoms with Crippen molar-refractivity contribution < 1.29 is 9.53 Å². The van der Waals surface area contributed by atoms with Crippen LogP contribution >= 0.6 is 11.6 Å². The first-order valence-corrected chi connectivity index (χ1v) is 10.6. The fourth-order valence-electron chi connectivity index (χ4n) is 3.67. The number of nitriles is 1. The van der Waals surface area contributed by atoms with Gasteiger partial charge in [0.05, 0.1) is 16.8 Å². The van der Waals surface area contributed by atoms with Gasteiger partial charge in [-0.25, -0.2) is 15.0 Å². The number of anilines is 2. The number of carbonyl (C=O) groups is 1. The third-order valence-electron chi connectivity index (χ3n) is 5.38. The summed E-state index contributed by atoms with van der Waals surface area (Å²) in [6.07, 6.45) is 2.79. The predicted octanol–water partition coefficient (Wildman–Crippen LogP) is 3.21. The summed E-state index contributed by atoms with van der Waals surface area (Å²) in [6, 6.07) is 8.96. The summed E-state index contributed by atoms with van der Waals surface area (Å²) in [7, 11) is 0. The van der Waals surface area contributed by atoms with Crippen molar-refractivity contribution in [3.05, 3.63) is 52.6 Å². The Hall–Kier alpha value is -3.48. The van der Waals surface area contributed by atoms with Gasteiger partial charge in [0.15, 0.2) is 0 Å². The third kappa shape index (κ3) is 4.42. The quantitative estimate of drug-likeness (QED) is 0.537. The van der Waals surface area contributed by atoms with Gasteiger partial charge in [0, 0.05) is 24.6 Å². The Morgan fingerprint density at radius 2 is 2.12 bits per heavy atom. The highest BCUT2D eigenvalue weighted by Gasteiger charge is 2.23. The lowest BCUT2D eigenvalue weighted by atomic mass is 10.0. The summed E-state index contributed by atoms with van der Waals surface area (Å²) in [4.78, 5) is 25.8. The van der Waals surface area contributed by atoms with Crippen LogP contribution in [0.1, 0.15) is 47.6 Å². The molecule has 1 amide bonds. The highest BCUT2D eigenvalue weighted by atomic mass is 35.5. The fourth-order valence-corrected chi connectivity index (χ4v) is 3.94. The van der Waals surface area contributed by atoms with Gasteiger partial charge in [0.25, 0.3) is 5.91 Å². The predicted molar refractivity (Wildman–Crippen MR) is 121 cm³/mol. The summed E-state index contributed by atoms with van der Waals surface area (Å²) in [5, 5.41) is 17.4. The normalized spacial score (nSPS) is 15.2. The number of nitrogens with two attached hydrogens (primary N) is 1. The van der Waals surface area contributed by atoms with Crippen LogP contribution in [0.15, 0.2) is 30.6 Å². The highest BCUT2D eigenvalue weighted by Crippen LogP contribution is 2.30. The Morgan fingerprint density at radius 1 is 1.34 bits per heavy atom. The molecule has 1 atom stereocenters. The number of aromatic nitrogens is 3. The first-order valence-electron chi connectivity index (χ1n) is 10.2. The van der Waals surface area contributed by atoms with E-state index in [4.69, 9.17) is 22.1 Å². The minimum absolute atomic E-state index is 0.0250. The van der Waals surface area contributed by atoms with Gasteiger partial charge in [-0.1, -0.05) is 23.7 Å². The topological polar surface area (TPSA) is 139 Å². The minimum atomic E-state index is -0.380. The monoisotopic (exact) mass is 451 g/mol. The van der Waals surface area contributed by atoms with Crippen molar-refractivity contribution in [1.29, 1.82) is 5.26 Å². The number of fused-ring (bicyclic) bond motifs is 1. The molecule has 1 aliphatic rings. The number of ether oxygens (including phenoxy) is 1. The minimum Gasteiger partial charge on any atom is -0.382 e. The van der Waals surface area contributed by atoms with Crippen molar-refractivity contribution in [2.45, 2.75) is 31.8 Å². The molecule has 0 saturated carbocycles. The Balaban J connectivity index is 1.70. The van der Waals surface area contributed by atoms with E-state index in [2.05, 4.69) is 25.6 Å². The Morgan fingerprint density at radius 3 is 2.88 bits per heavy atom. The third-order valence-corrected chi connectivity index (χ3v) is 5.70. The van der Waals surface area contributed by atoms with Crippen molar-refractivity contribution in [3.63, 3.8) is 0 Å². The standard InChI is InChI=1S/C22H22ClN7O2/c1-12(28-21-15(10-24)20(25)26-11-27-21)17-9-13-3-2-4-16(23)18(13)19(30-17)22(31)29-14-5-7-32-8-6-14/h2-4,9,11-12,14H,5-8H2,1H3,(H,29,31)(H3,25,26,27,28)/t12-/m0/s1. The van der Waals surface area contributed by atoms with Gasteiger partial charge in [0.1, 0.15) is 35.3 Å². The van der Waals surface area contributed by atoms with E-state index in [1.54, 1.807) is 6.07 Å². The zero-order chi connectivity index (χ0) is 22.7. The zero-order valence-corrected chi connectivity index (χ0v) is 18.2. The lowest BCUT2D eigenvalue weighted by Crippen LogP contribution is -2.39. The fraction of sp³-hybridized carbons (Fsp3) is 0.318. The Kier molecular flexibility index (Phi) is 6.35. The number of carbonyl (C=O) groups excluding carboxylic acids is 1. The molecule has 0 bridgehead atoms. The van der Waals surface area contributed by atoms with Gasteiger partial charge >= 0.3 is 0 Å². The molecule has 164 valence electrons. The van der Waals surface area contributed by atoms with Crippen molar-refractivity contribution in [2.75, 3.05) is 24.3 Å². The van der Waals surface area contributed by atoms with E-state index in [-0.39, 0.29) is 35.1 Å². The van der Waals surface area contributed by atoms with Gasteiger partial charge in [0.2, 0.25) is 0 Å². The molecule has 32 heavy (non-hydrogen) atoms. The maximum atomic E-state index is 13.2. The van der Waals surface area contributed by atoms with Crippen LogP contribution in [0, 0.1) is 11.3 Å². The molecule has 0 unspecified atom stereocenters. The maximum absolute atomic E-state index is 13.2. The van der Waals surface area contributed by atoms with Crippen LogP contribution < -0.4 is 16.4 Å². The molecule has 0 aliphatic carbocycles. The second-order valence-electron chi connectivity index (χ2n) is 7.55. The summed E-state index contributed by atoms with van der Waals surface area (Å²) in [6.45, 7) is 3.09. The van der Waals surface area contributed by atoms with E-state index in [1.165, 1.54) is 6.33 Å². The number of amides is 1. The smallest absolute Gasteiger partial charge is 0.270 e. The summed E-state index contributed by atoms with van der Waals surface area (Å²) >= 11 is 6.45. The highest BCUT2D eigenvalue weighted by molar-refractivity contribution is 6.36. The number of benzene rings is 1. The molecule has 3 aromatic rings. The number of rotatable bonds is 5. The lowest BCUT2D eigenvalue weighted by molar-refractivity contribution is 0.0695. The maximum Gasteiger partial charge on any atom is 0.270 e. The lowest BCUT2D eigenvalue weighted by Gasteiger charge is -2.23. The first-order chi connectivity index (χ1) is 15.5. The van der Waals surface area contributed by atoms with Crippen molar-refractivity contribution in [1.82, 2.24) is 20.3 Å². The number of hydrogen-bond donors (Lipinski definition) is 3. The van der Waals surface area contributed by atoms with Crippen LogP contribution in [0.25, 0.3) is 10.8 Å². The molecule has 1 aliphatic heterocycles. The molecule has 1 aromatic carbocycles. The Bertz CT molecular complexity index is 1200. The molecular formula is C22H22ClN7O2. The molecule has 3 heterocycles. The number of pyridine rings is 1. The molecule has 1 fully saturated rings. The summed E-state index contributed by atoms with van der Waals surface area (Å²) in [5.74, 6) is 0.105. The molecule has 9 nitrogen and oxygen atoms in total. The van der Waals surface area contributed by atoms with E-state index >= 15 is 0 Å². The van der Waals surface area contributed by atoms with Crippen LogP contribution in [0.4, 0.5) is 11.6 Å². The van der Waals surface area contributed by atoms with Crippen molar-refractivity contribution in [3.8, 4) is 6.07 Å². The summed E-state index contributed by atoms with van der Waals surface area (Å²) in [5.41, 5.74) is 6.79. The van der Waals surface area contributed by atoms with Gasteiger partial charge in [-0.15, -0.1) is 0 Å². The molecule has 0 spiro atoms. The summed E-state index contributed by atoms with van der Waals surface area (Å²) < 4.78 is 5.37. The molecule has 2 aromatic heterocycles. The second-order valence-corrected chi connectivity index (χ2v) is 7.96. The number of hydrogen-bond acceptors (Lipinski definition) is 8. The van der Waals surface area contributed by atoms with E-state index in [0.717, 1.165) is 18.2 Å². The Labute approximate surface area is 190 Å². The van der Waals surface area contributed by atoms with Crippen LogP contribution in [0.2, 0.25) is 5.02 Å². The van der Waals surface area contributed by atoms with E-state index in [9.17, 15) is 10.1 Å². The van der Waals surface area contributed by atoms with Gasteiger partial charge < -0.3 is 21.1 Å². The van der Waals surface area contributed by atoms with Crippen LogP contribution in [0.5, 0.6) is 0 Å². The van der Waals surface area contributed by atoms with E-state index < -0.39 is 0 Å². The van der Waals surface area contributed by atoms with Crippen molar-refractivity contribution >= 4 is 39.9 Å². The first kappa shape index (κ1) is 21.7. The van der Waals surface area contributed by atoms with Crippen molar-refractivity contribution in [2.24, 2.45) is 0 Å². The van der Waals surface area contributed by atoms with Crippen LogP contribution in [-0.4, -0.2) is 40.1 Å². The SMILES string of the molecule is C[C@H](Nc1ncnc(N)c1C#N)c1cc2cccc(Cl)c2c(C(=O)NC2CCOCC2)n1. The molecular weight excluding hydrogens is 430 g/mol. The zero-order valence-electron chi connectivity index (χ0n) is 17.4. The van der Waals surface area contributed by atoms with E-state index in [1.807, 2.05) is 31.2 Å². The van der Waals surface area contributed by atoms with Crippen LogP contribution in [-0.2, 0) is 4.74 Å². The molecule has 4 N–H and O–H groups in total. The average molecular weight is 452 g/mol.